The molecule has 0 saturated heterocycles. The summed E-state index contributed by atoms with van der Waals surface area (Å²) in [5.74, 6) is 0.622. The second-order valence-corrected chi connectivity index (χ2v) is 7.81. The lowest BCUT2D eigenvalue weighted by Gasteiger charge is -2.16. The number of carbonyl (C=O) groups is 1. The van der Waals surface area contributed by atoms with Gasteiger partial charge in [0.1, 0.15) is 10.7 Å². The molecule has 0 saturated carbocycles. The van der Waals surface area contributed by atoms with Crippen molar-refractivity contribution in [2.24, 2.45) is 5.73 Å². The summed E-state index contributed by atoms with van der Waals surface area (Å²) in [6.45, 7) is 0.635. The molecular weight excluding hydrogens is 382 g/mol. The fourth-order valence-corrected chi connectivity index (χ4v) is 3.87. The predicted molar refractivity (Wildman–Crippen MR) is 117 cm³/mol. The third-order valence-electron chi connectivity index (χ3n) is 4.89. The van der Waals surface area contributed by atoms with Gasteiger partial charge in [0.2, 0.25) is 0 Å². The molecule has 7 heteroatoms. The summed E-state index contributed by atoms with van der Waals surface area (Å²) in [6.07, 6.45) is 6.00. The van der Waals surface area contributed by atoms with Crippen LogP contribution in [-0.2, 0) is 0 Å². The number of amides is 1. The quantitative estimate of drug-likeness (QED) is 0.381. The number of H-pyrrole nitrogens is 1. The lowest BCUT2D eigenvalue weighted by Crippen LogP contribution is -2.29. The summed E-state index contributed by atoms with van der Waals surface area (Å²) in [5, 5.41) is 5.47. The largest absolute Gasteiger partial charge is 0.341 e. The van der Waals surface area contributed by atoms with Crippen molar-refractivity contribution in [3.8, 4) is 11.3 Å². The number of hydrogen-bond acceptors (Lipinski definition) is 5. The summed E-state index contributed by atoms with van der Waals surface area (Å²) in [4.78, 5) is 25.1. The molecule has 4 N–H and O–H groups in total. The molecule has 1 atom stereocenters. The first kappa shape index (κ1) is 19.3. The Kier molecular flexibility index (Phi) is 5.97. The minimum absolute atomic E-state index is 0.131. The summed E-state index contributed by atoms with van der Waals surface area (Å²) in [7, 11) is 0. The number of imidazole rings is 1. The number of nitrogens with one attached hydrogen (secondary N) is 2. The van der Waals surface area contributed by atoms with Crippen LogP contribution in [0.15, 0.2) is 60.4 Å². The minimum atomic E-state index is -0.203. The number of fused-ring (bicyclic) bond motifs is 1. The maximum Gasteiger partial charge on any atom is 0.263 e. The molecular formula is C22H23N5OS. The first-order chi connectivity index (χ1) is 14.2. The number of hydrogen-bond donors (Lipinski definition) is 3. The number of thiazole rings is 1. The molecule has 0 aliphatic rings. The average molecular weight is 406 g/mol. The van der Waals surface area contributed by atoms with Crippen LogP contribution in [0, 0.1) is 0 Å². The highest BCUT2D eigenvalue weighted by atomic mass is 32.1. The van der Waals surface area contributed by atoms with E-state index >= 15 is 0 Å². The van der Waals surface area contributed by atoms with Crippen LogP contribution < -0.4 is 11.1 Å². The molecule has 0 aliphatic heterocycles. The van der Waals surface area contributed by atoms with E-state index in [4.69, 9.17) is 5.73 Å². The first-order valence-electron chi connectivity index (χ1n) is 9.68. The summed E-state index contributed by atoms with van der Waals surface area (Å²) < 4.78 is 0. The average Bonchev–Trinajstić information content (AvgIpc) is 3.45. The van der Waals surface area contributed by atoms with Gasteiger partial charge in [0, 0.05) is 5.56 Å². The molecule has 0 aliphatic carbocycles. The van der Waals surface area contributed by atoms with Crippen LogP contribution in [0.3, 0.4) is 0 Å². The third kappa shape index (κ3) is 4.52. The highest BCUT2D eigenvalue weighted by Gasteiger charge is 2.19. The number of nitrogens with two attached hydrogens (primary N) is 1. The van der Waals surface area contributed by atoms with Crippen molar-refractivity contribution in [2.45, 2.75) is 25.3 Å². The third-order valence-corrected chi connectivity index (χ3v) is 5.67. The molecule has 4 rings (SSSR count). The number of carbonyl (C=O) groups excluding carboxylic acids is 1. The van der Waals surface area contributed by atoms with Crippen LogP contribution >= 0.6 is 11.3 Å². The van der Waals surface area contributed by atoms with Gasteiger partial charge in [0.25, 0.3) is 5.91 Å². The number of unbranched alkanes of at least 4 members (excludes halogenated alkanes) is 1. The molecule has 2 heterocycles. The van der Waals surface area contributed by atoms with E-state index in [2.05, 4.69) is 50.6 Å². The van der Waals surface area contributed by atoms with E-state index in [1.807, 2.05) is 18.3 Å². The van der Waals surface area contributed by atoms with Gasteiger partial charge in [-0.2, -0.15) is 0 Å². The van der Waals surface area contributed by atoms with Crippen molar-refractivity contribution in [1.29, 1.82) is 0 Å². The van der Waals surface area contributed by atoms with Crippen molar-refractivity contribution < 1.29 is 4.79 Å². The van der Waals surface area contributed by atoms with Gasteiger partial charge < -0.3 is 16.0 Å². The van der Waals surface area contributed by atoms with E-state index < -0.39 is 0 Å². The van der Waals surface area contributed by atoms with Crippen molar-refractivity contribution >= 4 is 28.0 Å². The van der Waals surface area contributed by atoms with E-state index in [1.165, 1.54) is 22.1 Å². The standard InChI is InChI=1S/C22H23N5OS/c23-10-4-3-7-18(27-22(28)20-13-24-14-29-20)21-25-12-19(26-21)17-9-8-15-5-1-2-6-16(15)11-17/h1-2,5-6,8-9,11-14,18H,3-4,7,10,23H2,(H,25,26)(H,27,28). The van der Waals surface area contributed by atoms with Gasteiger partial charge in [-0.25, -0.2) is 4.98 Å². The van der Waals surface area contributed by atoms with Gasteiger partial charge in [0.05, 0.1) is 29.6 Å². The molecule has 29 heavy (non-hydrogen) atoms. The molecule has 0 fully saturated rings. The van der Waals surface area contributed by atoms with Gasteiger partial charge in [-0.05, 0) is 42.6 Å². The predicted octanol–water partition coefficient (Wildman–Crippen LogP) is 4.29. The molecule has 148 valence electrons. The fraction of sp³-hybridized carbons (Fsp3) is 0.227. The molecule has 0 spiro atoms. The minimum Gasteiger partial charge on any atom is -0.341 e. The van der Waals surface area contributed by atoms with Crippen LogP contribution in [-0.4, -0.2) is 27.4 Å². The second-order valence-electron chi connectivity index (χ2n) is 6.92. The zero-order valence-corrected chi connectivity index (χ0v) is 16.8. The van der Waals surface area contributed by atoms with Crippen LogP contribution in [0.2, 0.25) is 0 Å². The smallest absolute Gasteiger partial charge is 0.263 e. The number of aromatic nitrogens is 3. The Morgan fingerprint density at radius 1 is 1.14 bits per heavy atom. The molecule has 2 aromatic carbocycles. The van der Waals surface area contributed by atoms with E-state index in [-0.39, 0.29) is 11.9 Å². The van der Waals surface area contributed by atoms with Gasteiger partial charge in [-0.3, -0.25) is 9.78 Å². The zero-order valence-electron chi connectivity index (χ0n) is 16.0. The Bertz CT molecular complexity index is 1090. The summed E-state index contributed by atoms with van der Waals surface area (Å²) >= 11 is 1.33. The normalized spacial score (nSPS) is 12.2. The molecule has 1 unspecified atom stereocenters. The first-order valence-corrected chi connectivity index (χ1v) is 10.6. The number of rotatable bonds is 8. The highest BCUT2D eigenvalue weighted by Crippen LogP contribution is 2.25. The second kappa shape index (κ2) is 8.98. The Morgan fingerprint density at radius 2 is 2.00 bits per heavy atom. The van der Waals surface area contributed by atoms with E-state index in [9.17, 15) is 4.79 Å². The van der Waals surface area contributed by atoms with Crippen LogP contribution in [0.5, 0.6) is 0 Å². The Hall–Kier alpha value is -3.03. The maximum atomic E-state index is 12.5. The summed E-state index contributed by atoms with van der Waals surface area (Å²) in [5.41, 5.74) is 9.29. The molecule has 2 aromatic heterocycles. The van der Waals surface area contributed by atoms with Crippen molar-refractivity contribution in [3.05, 3.63) is 71.1 Å². The number of nitrogens with zero attached hydrogens (tertiary/aromatic N) is 2. The molecule has 4 aromatic rings. The summed E-state index contributed by atoms with van der Waals surface area (Å²) in [6, 6.07) is 14.4. The van der Waals surface area contributed by atoms with Crippen LogP contribution in [0.4, 0.5) is 0 Å². The zero-order chi connectivity index (χ0) is 20.1. The number of benzene rings is 2. The van der Waals surface area contributed by atoms with Crippen molar-refractivity contribution in [3.63, 3.8) is 0 Å². The van der Waals surface area contributed by atoms with Crippen molar-refractivity contribution in [1.82, 2.24) is 20.3 Å². The van der Waals surface area contributed by atoms with Crippen LogP contribution in [0.1, 0.15) is 40.8 Å². The monoisotopic (exact) mass is 405 g/mol. The Labute approximate surface area is 173 Å². The topological polar surface area (TPSA) is 96.7 Å². The lowest BCUT2D eigenvalue weighted by atomic mass is 10.1. The number of aromatic amines is 1. The van der Waals surface area contributed by atoms with Crippen LogP contribution in [0.25, 0.3) is 22.0 Å². The Morgan fingerprint density at radius 3 is 2.79 bits per heavy atom. The maximum absolute atomic E-state index is 12.5. The molecule has 0 radical (unpaired) electrons. The van der Waals surface area contributed by atoms with E-state index in [0.717, 1.165) is 36.3 Å². The highest BCUT2D eigenvalue weighted by molar-refractivity contribution is 7.11. The fourth-order valence-electron chi connectivity index (χ4n) is 3.34. The van der Waals surface area contributed by atoms with E-state index in [0.29, 0.717) is 11.4 Å². The van der Waals surface area contributed by atoms with Gasteiger partial charge >= 0.3 is 0 Å². The van der Waals surface area contributed by atoms with Gasteiger partial charge in [-0.15, -0.1) is 11.3 Å². The van der Waals surface area contributed by atoms with Gasteiger partial charge in [0.15, 0.2) is 0 Å². The Balaban J connectivity index is 1.57. The molecule has 6 nitrogen and oxygen atoms in total. The van der Waals surface area contributed by atoms with Crippen molar-refractivity contribution in [2.75, 3.05) is 6.54 Å². The SMILES string of the molecule is NCCCCC(NC(=O)c1cncs1)c1ncc(-c2ccc3ccccc3c2)[nH]1. The molecule has 1 amide bonds. The molecule has 0 bridgehead atoms. The van der Waals surface area contributed by atoms with Gasteiger partial charge in [-0.1, -0.05) is 36.4 Å². The van der Waals surface area contributed by atoms with E-state index in [1.54, 1.807) is 11.7 Å². The lowest BCUT2D eigenvalue weighted by molar-refractivity contribution is 0.0936.